The molecule has 0 amide bonds. The third kappa shape index (κ3) is 3.60. The molecule has 0 spiro atoms. The van der Waals surface area contributed by atoms with Crippen molar-refractivity contribution in [3.8, 4) is 5.75 Å². The Morgan fingerprint density at radius 1 is 1.40 bits per heavy atom. The van der Waals surface area contributed by atoms with Gasteiger partial charge in [-0.15, -0.1) is 0 Å². The van der Waals surface area contributed by atoms with Crippen LogP contribution in [-0.2, 0) is 0 Å². The number of methoxy groups -OCH3 is 1. The highest BCUT2D eigenvalue weighted by atomic mass is 16.6. The second-order valence-electron chi connectivity index (χ2n) is 5.20. The fourth-order valence-corrected chi connectivity index (χ4v) is 2.55. The van der Waals surface area contributed by atoms with E-state index in [0.717, 1.165) is 37.9 Å². The molecule has 0 saturated heterocycles. The first-order valence-electron chi connectivity index (χ1n) is 6.84. The molecule has 1 aliphatic rings. The highest BCUT2D eigenvalue weighted by molar-refractivity contribution is 5.57. The second kappa shape index (κ2) is 6.56. The monoisotopic (exact) mass is 280 g/mol. The topological polar surface area (TPSA) is 84.6 Å². The number of hydrogen-bond donors (Lipinski definition) is 2. The van der Waals surface area contributed by atoms with Gasteiger partial charge in [-0.05, 0) is 37.7 Å². The average Bonchev–Trinajstić information content (AvgIpc) is 2.46. The van der Waals surface area contributed by atoms with Gasteiger partial charge in [-0.1, -0.05) is 0 Å². The first-order valence-corrected chi connectivity index (χ1v) is 6.84. The number of nitrogens with one attached hydrogen (secondary N) is 1. The van der Waals surface area contributed by atoms with Gasteiger partial charge in [-0.25, -0.2) is 0 Å². The lowest BCUT2D eigenvalue weighted by atomic mass is 9.87. The SMILES string of the molecule is COc1cc(NCC2CCC(O)CC2)ccc1[N+](=O)[O-]. The van der Waals surface area contributed by atoms with Crippen LogP contribution in [-0.4, -0.2) is 29.8 Å². The van der Waals surface area contributed by atoms with Crippen molar-refractivity contribution in [2.24, 2.45) is 5.92 Å². The molecule has 20 heavy (non-hydrogen) atoms. The van der Waals surface area contributed by atoms with E-state index in [9.17, 15) is 15.2 Å². The largest absolute Gasteiger partial charge is 0.490 e. The Bertz CT molecular complexity index is 470. The molecular weight excluding hydrogens is 260 g/mol. The number of nitrogens with zero attached hydrogens (tertiary/aromatic N) is 1. The van der Waals surface area contributed by atoms with Gasteiger partial charge in [-0.3, -0.25) is 10.1 Å². The van der Waals surface area contributed by atoms with Crippen LogP contribution in [0.2, 0.25) is 0 Å². The molecule has 0 aromatic heterocycles. The van der Waals surface area contributed by atoms with Crippen molar-refractivity contribution in [2.75, 3.05) is 19.0 Å². The second-order valence-corrected chi connectivity index (χ2v) is 5.20. The van der Waals surface area contributed by atoms with E-state index in [1.54, 1.807) is 12.1 Å². The van der Waals surface area contributed by atoms with Crippen LogP contribution < -0.4 is 10.1 Å². The zero-order chi connectivity index (χ0) is 14.5. The van der Waals surface area contributed by atoms with Crippen molar-refractivity contribution in [3.63, 3.8) is 0 Å². The third-order valence-corrected chi connectivity index (χ3v) is 3.79. The lowest BCUT2D eigenvalue weighted by molar-refractivity contribution is -0.385. The maximum Gasteiger partial charge on any atom is 0.311 e. The molecule has 0 radical (unpaired) electrons. The number of nitro groups is 1. The summed E-state index contributed by atoms with van der Waals surface area (Å²) in [6.07, 6.45) is 3.59. The Balaban J connectivity index is 1.94. The quantitative estimate of drug-likeness (QED) is 0.639. The van der Waals surface area contributed by atoms with Crippen LogP contribution in [0.4, 0.5) is 11.4 Å². The normalized spacial score (nSPS) is 22.3. The van der Waals surface area contributed by atoms with Gasteiger partial charge in [0.15, 0.2) is 5.75 Å². The zero-order valence-electron chi connectivity index (χ0n) is 11.5. The van der Waals surface area contributed by atoms with Crippen molar-refractivity contribution in [1.29, 1.82) is 0 Å². The van der Waals surface area contributed by atoms with E-state index in [0.29, 0.717) is 5.92 Å². The number of ether oxygens (including phenoxy) is 1. The van der Waals surface area contributed by atoms with Gasteiger partial charge in [0.2, 0.25) is 0 Å². The summed E-state index contributed by atoms with van der Waals surface area (Å²) in [6, 6.07) is 4.79. The number of anilines is 1. The summed E-state index contributed by atoms with van der Waals surface area (Å²) >= 11 is 0. The number of aliphatic hydroxyl groups excluding tert-OH is 1. The smallest absolute Gasteiger partial charge is 0.311 e. The highest BCUT2D eigenvalue weighted by Crippen LogP contribution is 2.30. The molecule has 0 bridgehead atoms. The highest BCUT2D eigenvalue weighted by Gasteiger charge is 2.19. The van der Waals surface area contributed by atoms with Crippen LogP contribution in [0.25, 0.3) is 0 Å². The molecule has 1 fully saturated rings. The van der Waals surface area contributed by atoms with Gasteiger partial charge < -0.3 is 15.2 Å². The van der Waals surface area contributed by atoms with E-state index < -0.39 is 4.92 Å². The molecule has 1 saturated carbocycles. The Morgan fingerprint density at radius 2 is 2.10 bits per heavy atom. The van der Waals surface area contributed by atoms with E-state index in [1.807, 2.05) is 0 Å². The fourth-order valence-electron chi connectivity index (χ4n) is 2.55. The average molecular weight is 280 g/mol. The maximum absolute atomic E-state index is 10.8. The first kappa shape index (κ1) is 14.6. The van der Waals surface area contributed by atoms with Crippen LogP contribution in [0.5, 0.6) is 5.75 Å². The van der Waals surface area contributed by atoms with Gasteiger partial charge in [-0.2, -0.15) is 0 Å². The Morgan fingerprint density at radius 3 is 2.70 bits per heavy atom. The molecule has 0 unspecified atom stereocenters. The minimum Gasteiger partial charge on any atom is -0.490 e. The van der Waals surface area contributed by atoms with Crippen molar-refractivity contribution in [1.82, 2.24) is 0 Å². The lowest BCUT2D eigenvalue weighted by Crippen LogP contribution is -2.23. The summed E-state index contributed by atoms with van der Waals surface area (Å²) in [7, 11) is 1.43. The number of rotatable bonds is 5. The van der Waals surface area contributed by atoms with E-state index in [1.165, 1.54) is 13.2 Å². The molecule has 1 aliphatic carbocycles. The molecule has 0 heterocycles. The van der Waals surface area contributed by atoms with Gasteiger partial charge >= 0.3 is 5.69 Å². The van der Waals surface area contributed by atoms with Gasteiger partial charge in [0, 0.05) is 24.4 Å². The lowest BCUT2D eigenvalue weighted by Gasteiger charge is -2.25. The summed E-state index contributed by atoms with van der Waals surface area (Å²) in [5.41, 5.74) is 0.789. The zero-order valence-corrected chi connectivity index (χ0v) is 11.5. The van der Waals surface area contributed by atoms with E-state index in [-0.39, 0.29) is 17.5 Å². The molecular formula is C14H20N2O4. The number of benzene rings is 1. The minimum atomic E-state index is -0.453. The van der Waals surface area contributed by atoms with E-state index in [4.69, 9.17) is 4.74 Å². The van der Waals surface area contributed by atoms with Crippen LogP contribution in [0.1, 0.15) is 25.7 Å². The Kier molecular flexibility index (Phi) is 4.79. The van der Waals surface area contributed by atoms with Crippen LogP contribution in [0, 0.1) is 16.0 Å². The number of aliphatic hydroxyl groups is 1. The number of nitro benzene ring substituents is 1. The summed E-state index contributed by atoms with van der Waals surface area (Å²) in [5.74, 6) is 0.804. The maximum atomic E-state index is 10.8. The molecule has 0 atom stereocenters. The molecule has 1 aromatic rings. The fraction of sp³-hybridized carbons (Fsp3) is 0.571. The summed E-state index contributed by atoms with van der Waals surface area (Å²) in [4.78, 5) is 10.4. The van der Waals surface area contributed by atoms with Gasteiger partial charge in [0.25, 0.3) is 0 Å². The van der Waals surface area contributed by atoms with Gasteiger partial charge in [0.1, 0.15) is 0 Å². The van der Waals surface area contributed by atoms with Crippen LogP contribution >= 0.6 is 0 Å². The molecule has 2 N–H and O–H groups in total. The van der Waals surface area contributed by atoms with Crippen molar-refractivity contribution in [3.05, 3.63) is 28.3 Å². The first-order chi connectivity index (χ1) is 9.60. The standard InChI is InChI=1S/C14H20N2O4/c1-20-14-8-11(4-7-13(14)16(18)19)15-9-10-2-5-12(17)6-3-10/h4,7-8,10,12,15,17H,2-3,5-6,9H2,1H3. The van der Waals surface area contributed by atoms with Gasteiger partial charge in [0.05, 0.1) is 18.1 Å². The predicted molar refractivity (Wildman–Crippen MR) is 76.1 cm³/mol. The minimum absolute atomic E-state index is 0.0289. The molecule has 6 nitrogen and oxygen atoms in total. The molecule has 0 aliphatic heterocycles. The molecule has 6 heteroatoms. The molecule has 2 rings (SSSR count). The van der Waals surface area contributed by atoms with Crippen molar-refractivity contribution in [2.45, 2.75) is 31.8 Å². The van der Waals surface area contributed by atoms with E-state index in [2.05, 4.69) is 5.32 Å². The van der Waals surface area contributed by atoms with Crippen LogP contribution in [0.15, 0.2) is 18.2 Å². The summed E-state index contributed by atoms with van der Waals surface area (Å²) < 4.78 is 5.04. The Hall–Kier alpha value is -1.82. The predicted octanol–water partition coefficient (Wildman–Crippen LogP) is 2.57. The third-order valence-electron chi connectivity index (χ3n) is 3.79. The Labute approximate surface area is 117 Å². The number of hydrogen-bond acceptors (Lipinski definition) is 5. The van der Waals surface area contributed by atoms with Crippen molar-refractivity contribution >= 4 is 11.4 Å². The molecule has 1 aromatic carbocycles. The summed E-state index contributed by atoms with van der Waals surface area (Å²) in [5, 5.41) is 23.6. The van der Waals surface area contributed by atoms with Crippen LogP contribution in [0.3, 0.4) is 0 Å². The van der Waals surface area contributed by atoms with Crippen molar-refractivity contribution < 1.29 is 14.8 Å². The molecule has 110 valence electrons. The summed E-state index contributed by atoms with van der Waals surface area (Å²) in [6.45, 7) is 0.813. The van der Waals surface area contributed by atoms with E-state index >= 15 is 0 Å².